The van der Waals surface area contributed by atoms with Crippen molar-refractivity contribution in [1.29, 1.82) is 0 Å². The Balaban J connectivity index is 1.58. The minimum absolute atomic E-state index is 0.762. The molecule has 1 aromatic rings. The van der Waals surface area contributed by atoms with Gasteiger partial charge in [-0.15, -0.1) is 0 Å². The molecule has 1 N–H and O–H groups in total. The molecule has 2 aliphatic rings. The number of benzene rings is 1. The molecule has 1 heteroatoms. The van der Waals surface area contributed by atoms with Crippen LogP contribution in [-0.4, -0.2) is 6.04 Å². The summed E-state index contributed by atoms with van der Waals surface area (Å²) in [5.41, 5.74) is 4.66. The highest BCUT2D eigenvalue weighted by Gasteiger charge is 2.20. The summed E-state index contributed by atoms with van der Waals surface area (Å²) < 4.78 is 0. The Morgan fingerprint density at radius 1 is 1.18 bits per heavy atom. The van der Waals surface area contributed by atoms with E-state index in [0.717, 1.165) is 18.5 Å². The number of fused-ring (bicyclic) bond motifs is 1. The standard InChI is InChI=1S/C16H23N/c1-12-5-8-16(9-12)17-11-13-6-7-14-3-2-4-15(14)10-13/h6-7,10,12,16-17H,2-5,8-9,11H2,1H3. The first-order valence-corrected chi connectivity index (χ1v) is 7.15. The Labute approximate surface area is 105 Å². The molecule has 0 aliphatic heterocycles. The highest BCUT2D eigenvalue weighted by Crippen LogP contribution is 2.26. The average molecular weight is 229 g/mol. The maximum absolute atomic E-state index is 3.72. The van der Waals surface area contributed by atoms with Crippen LogP contribution in [0.4, 0.5) is 0 Å². The Bertz CT molecular complexity index is 397. The fraction of sp³-hybridized carbons (Fsp3) is 0.625. The van der Waals surface area contributed by atoms with Gasteiger partial charge in [-0.2, -0.15) is 0 Å². The van der Waals surface area contributed by atoms with Crippen molar-refractivity contribution in [2.45, 2.75) is 58.0 Å². The lowest BCUT2D eigenvalue weighted by atomic mass is 10.1. The second kappa shape index (κ2) is 4.81. The van der Waals surface area contributed by atoms with E-state index in [9.17, 15) is 0 Å². The Kier molecular flexibility index (Phi) is 3.19. The maximum Gasteiger partial charge on any atom is 0.0208 e. The maximum atomic E-state index is 3.72. The predicted molar refractivity (Wildman–Crippen MR) is 72.1 cm³/mol. The second-order valence-electron chi connectivity index (χ2n) is 5.95. The molecule has 1 fully saturated rings. The Morgan fingerprint density at radius 2 is 2.06 bits per heavy atom. The minimum Gasteiger partial charge on any atom is -0.310 e. The molecule has 1 nitrogen and oxygen atoms in total. The summed E-state index contributed by atoms with van der Waals surface area (Å²) in [7, 11) is 0. The number of hydrogen-bond acceptors (Lipinski definition) is 1. The van der Waals surface area contributed by atoms with Crippen molar-refractivity contribution >= 4 is 0 Å². The van der Waals surface area contributed by atoms with E-state index >= 15 is 0 Å². The lowest BCUT2D eigenvalue weighted by Gasteiger charge is -2.13. The molecule has 0 radical (unpaired) electrons. The van der Waals surface area contributed by atoms with Crippen LogP contribution in [0.5, 0.6) is 0 Å². The number of nitrogens with one attached hydrogen (secondary N) is 1. The normalized spacial score (nSPS) is 27.4. The van der Waals surface area contributed by atoms with Gasteiger partial charge in [-0.25, -0.2) is 0 Å². The lowest BCUT2D eigenvalue weighted by Crippen LogP contribution is -2.25. The largest absolute Gasteiger partial charge is 0.310 e. The summed E-state index contributed by atoms with van der Waals surface area (Å²) in [6.45, 7) is 3.43. The zero-order valence-electron chi connectivity index (χ0n) is 10.8. The SMILES string of the molecule is CC1CCC(NCc2ccc3c(c2)CCC3)C1. The number of rotatable bonds is 3. The summed E-state index contributed by atoms with van der Waals surface area (Å²) in [5.74, 6) is 0.924. The predicted octanol–water partition coefficient (Wildman–Crippen LogP) is 3.45. The van der Waals surface area contributed by atoms with Crippen LogP contribution in [0.2, 0.25) is 0 Å². The van der Waals surface area contributed by atoms with Crippen molar-refractivity contribution < 1.29 is 0 Å². The molecule has 2 aliphatic carbocycles. The van der Waals surface area contributed by atoms with Crippen molar-refractivity contribution in [1.82, 2.24) is 5.32 Å². The number of hydrogen-bond donors (Lipinski definition) is 1. The minimum atomic E-state index is 0.762. The monoisotopic (exact) mass is 229 g/mol. The fourth-order valence-electron chi connectivity index (χ4n) is 3.39. The van der Waals surface area contributed by atoms with Gasteiger partial charge in [0.1, 0.15) is 0 Å². The average Bonchev–Trinajstić information content (AvgIpc) is 2.94. The molecule has 0 aromatic heterocycles. The van der Waals surface area contributed by atoms with Crippen LogP contribution in [0, 0.1) is 5.92 Å². The van der Waals surface area contributed by atoms with Gasteiger partial charge >= 0.3 is 0 Å². The van der Waals surface area contributed by atoms with Gasteiger partial charge in [0.05, 0.1) is 0 Å². The summed E-state index contributed by atoms with van der Waals surface area (Å²) in [4.78, 5) is 0. The third-order valence-corrected chi connectivity index (χ3v) is 4.45. The first-order valence-electron chi connectivity index (χ1n) is 7.15. The fourth-order valence-corrected chi connectivity index (χ4v) is 3.39. The van der Waals surface area contributed by atoms with Crippen molar-refractivity contribution in [2.24, 2.45) is 5.92 Å². The highest BCUT2D eigenvalue weighted by molar-refractivity contribution is 5.35. The van der Waals surface area contributed by atoms with Gasteiger partial charge < -0.3 is 5.32 Å². The molecule has 3 rings (SSSR count). The molecule has 0 spiro atoms. The van der Waals surface area contributed by atoms with Crippen LogP contribution in [0.25, 0.3) is 0 Å². The molecule has 1 saturated carbocycles. The molecule has 0 bridgehead atoms. The Morgan fingerprint density at radius 3 is 2.88 bits per heavy atom. The Hall–Kier alpha value is -0.820. The smallest absolute Gasteiger partial charge is 0.0208 e. The van der Waals surface area contributed by atoms with Gasteiger partial charge in [-0.3, -0.25) is 0 Å². The van der Waals surface area contributed by atoms with Crippen LogP contribution in [-0.2, 0) is 19.4 Å². The van der Waals surface area contributed by atoms with E-state index in [1.807, 2.05) is 0 Å². The molecule has 0 heterocycles. The van der Waals surface area contributed by atoms with Crippen molar-refractivity contribution in [3.8, 4) is 0 Å². The summed E-state index contributed by atoms with van der Waals surface area (Å²) in [5, 5.41) is 3.72. The van der Waals surface area contributed by atoms with E-state index < -0.39 is 0 Å². The van der Waals surface area contributed by atoms with E-state index in [1.165, 1.54) is 44.1 Å². The van der Waals surface area contributed by atoms with E-state index in [2.05, 4.69) is 30.4 Å². The summed E-state index contributed by atoms with van der Waals surface area (Å²) in [6, 6.07) is 7.85. The van der Waals surface area contributed by atoms with Gasteiger partial charge in [-0.1, -0.05) is 25.1 Å². The van der Waals surface area contributed by atoms with Crippen molar-refractivity contribution in [3.63, 3.8) is 0 Å². The summed E-state index contributed by atoms with van der Waals surface area (Å²) in [6.07, 6.45) is 8.08. The molecule has 2 unspecified atom stereocenters. The number of aryl methyl sites for hydroxylation is 2. The third kappa shape index (κ3) is 2.55. The molecule has 17 heavy (non-hydrogen) atoms. The quantitative estimate of drug-likeness (QED) is 0.837. The van der Waals surface area contributed by atoms with Gasteiger partial charge in [0.2, 0.25) is 0 Å². The molecular weight excluding hydrogens is 206 g/mol. The summed E-state index contributed by atoms with van der Waals surface area (Å²) >= 11 is 0. The van der Waals surface area contributed by atoms with Crippen LogP contribution in [0.3, 0.4) is 0 Å². The first-order chi connectivity index (χ1) is 8.31. The highest BCUT2D eigenvalue weighted by atomic mass is 14.9. The van der Waals surface area contributed by atoms with E-state index in [1.54, 1.807) is 11.1 Å². The van der Waals surface area contributed by atoms with Gasteiger partial charge in [0.15, 0.2) is 0 Å². The molecular formula is C16H23N. The third-order valence-electron chi connectivity index (χ3n) is 4.45. The lowest BCUT2D eigenvalue weighted by molar-refractivity contribution is 0.502. The first kappa shape index (κ1) is 11.3. The molecule has 0 amide bonds. The molecule has 1 aromatic carbocycles. The zero-order valence-corrected chi connectivity index (χ0v) is 10.8. The van der Waals surface area contributed by atoms with Gasteiger partial charge in [0.25, 0.3) is 0 Å². The topological polar surface area (TPSA) is 12.0 Å². The van der Waals surface area contributed by atoms with Crippen LogP contribution < -0.4 is 5.32 Å². The van der Waals surface area contributed by atoms with Crippen LogP contribution >= 0.6 is 0 Å². The van der Waals surface area contributed by atoms with Gasteiger partial charge in [0, 0.05) is 12.6 Å². The second-order valence-corrected chi connectivity index (χ2v) is 5.95. The van der Waals surface area contributed by atoms with E-state index in [-0.39, 0.29) is 0 Å². The van der Waals surface area contributed by atoms with Crippen molar-refractivity contribution in [2.75, 3.05) is 0 Å². The zero-order chi connectivity index (χ0) is 11.7. The molecule has 0 saturated heterocycles. The van der Waals surface area contributed by atoms with Crippen LogP contribution in [0.15, 0.2) is 18.2 Å². The van der Waals surface area contributed by atoms with Gasteiger partial charge in [-0.05, 0) is 61.1 Å². The molecule has 2 atom stereocenters. The van der Waals surface area contributed by atoms with Crippen molar-refractivity contribution in [3.05, 3.63) is 34.9 Å². The van der Waals surface area contributed by atoms with E-state index in [4.69, 9.17) is 0 Å². The van der Waals surface area contributed by atoms with Crippen LogP contribution in [0.1, 0.15) is 49.3 Å². The molecule has 92 valence electrons. The van der Waals surface area contributed by atoms with E-state index in [0.29, 0.717) is 0 Å².